The van der Waals surface area contributed by atoms with Crippen molar-refractivity contribution in [1.29, 1.82) is 0 Å². The number of benzodiazepines with no additional fused rings is 1. The molecule has 2 fully saturated rings. The van der Waals surface area contributed by atoms with Gasteiger partial charge in [-0.15, -0.1) is 0 Å². The molecule has 0 aromatic heterocycles. The van der Waals surface area contributed by atoms with Crippen LogP contribution in [0.5, 0.6) is 17.2 Å². The van der Waals surface area contributed by atoms with Gasteiger partial charge in [0.05, 0.1) is 35.0 Å². The van der Waals surface area contributed by atoms with E-state index in [1.54, 1.807) is 37.4 Å². The minimum Gasteiger partial charge on any atom is -0.504 e. The van der Waals surface area contributed by atoms with Crippen molar-refractivity contribution in [2.75, 3.05) is 70.4 Å². The molecule has 9 rings (SSSR count). The molecule has 21 heteroatoms. The lowest BCUT2D eigenvalue weighted by molar-refractivity contribution is -0.187. The summed E-state index contributed by atoms with van der Waals surface area (Å²) in [4.78, 5) is 85.0. The second-order valence-electron chi connectivity index (χ2n) is 18.1. The molecular formula is C50H55N9O12. The van der Waals surface area contributed by atoms with Gasteiger partial charge in [-0.1, -0.05) is 60.7 Å². The number of urea groups is 1. The zero-order valence-electron chi connectivity index (χ0n) is 39.1. The number of likely N-dealkylation sites (N-methyl/N-ethyl adjacent to an activating group) is 2. The highest BCUT2D eigenvalue weighted by Gasteiger charge is 2.72. The summed E-state index contributed by atoms with van der Waals surface area (Å²) >= 11 is 0. The van der Waals surface area contributed by atoms with Crippen LogP contribution in [0.3, 0.4) is 0 Å². The van der Waals surface area contributed by atoms with Gasteiger partial charge in [-0.25, -0.2) is 9.79 Å². The monoisotopic (exact) mass is 973 g/mol. The van der Waals surface area contributed by atoms with Crippen LogP contribution >= 0.6 is 0 Å². The predicted octanol–water partition coefficient (Wildman–Crippen LogP) is 0.998. The summed E-state index contributed by atoms with van der Waals surface area (Å²) in [5, 5.41) is 34.0. The van der Waals surface area contributed by atoms with Gasteiger partial charge in [0.25, 0.3) is 17.7 Å². The van der Waals surface area contributed by atoms with E-state index in [-0.39, 0.29) is 24.9 Å². The lowest BCUT2D eigenvalue weighted by Crippen LogP contribution is -2.77. The molecule has 4 aromatic rings. The minimum absolute atomic E-state index is 0.00323. The number of benzene rings is 4. The Morgan fingerprint density at radius 2 is 1.55 bits per heavy atom. The van der Waals surface area contributed by atoms with Crippen LogP contribution in [-0.4, -0.2) is 147 Å². The molecule has 3 heterocycles. The Morgan fingerprint density at radius 3 is 2.32 bits per heavy atom. The first-order chi connectivity index (χ1) is 34.2. The van der Waals surface area contributed by atoms with Crippen molar-refractivity contribution in [3.63, 3.8) is 0 Å². The van der Waals surface area contributed by atoms with Gasteiger partial charge in [-0.2, -0.15) is 0 Å². The summed E-state index contributed by atoms with van der Waals surface area (Å²) in [7, 11) is 3.64. The van der Waals surface area contributed by atoms with Crippen molar-refractivity contribution < 1.29 is 57.9 Å². The zero-order chi connectivity index (χ0) is 49.9. The summed E-state index contributed by atoms with van der Waals surface area (Å²) < 4.78 is 22.6. The number of aliphatic hydroxyl groups is 1. The number of amides is 7. The maximum atomic E-state index is 13.5. The van der Waals surface area contributed by atoms with Gasteiger partial charge in [0, 0.05) is 41.5 Å². The van der Waals surface area contributed by atoms with Gasteiger partial charge in [0.2, 0.25) is 18.0 Å². The molecule has 1 saturated carbocycles. The van der Waals surface area contributed by atoms with E-state index in [1.165, 1.54) is 4.90 Å². The quantitative estimate of drug-likeness (QED) is 0.0576. The number of nitrogens with zero attached hydrogens (tertiary/aromatic N) is 3. The van der Waals surface area contributed by atoms with Crippen LogP contribution in [0.25, 0.3) is 0 Å². The number of aromatic hydroxyl groups is 1. The fourth-order valence-electron chi connectivity index (χ4n) is 10.6. The third kappa shape index (κ3) is 9.68. The standard InChI is InChI=1S/C50H55N9O12/c1-58-21-19-49-42-30-15-16-36(60)44(42)71-45(49)34(17-18-50(49,67)37(58)23-30)53-39(62)26-69-28-41(64)57-56-40(63)27-68-25-38(61)51-20-22-70-32-12-8-11-31(24-32)52-48(66)55-46-47(65)59(2)35-14-7-6-13-33(35)43(54-46)29-9-4-3-5-10-29/h3-16,24,34,37,45-46,60,67H,17-23,25-28H2,1-2H3,(H,51,61)(H,53,62)(H,56,63)(H,57,64)(H2,52,55,66)/t34-,37+,45-,46-,49-,50+/m0/s1. The number of ether oxygens (including phenoxy) is 4. The van der Waals surface area contributed by atoms with Crippen molar-refractivity contribution in [1.82, 2.24) is 31.7 Å². The topological polar surface area (TPSA) is 271 Å². The largest absolute Gasteiger partial charge is 0.504 e. The van der Waals surface area contributed by atoms with Gasteiger partial charge >= 0.3 is 6.03 Å². The molecule has 8 N–H and O–H groups in total. The average Bonchev–Trinajstić information content (AvgIpc) is 3.68. The number of rotatable bonds is 16. The fraction of sp³-hybridized carbons (Fsp3) is 0.380. The molecule has 3 aliphatic heterocycles. The Balaban J connectivity index is 0.647. The van der Waals surface area contributed by atoms with Crippen molar-refractivity contribution in [3.8, 4) is 17.2 Å². The first-order valence-electron chi connectivity index (χ1n) is 23.3. The van der Waals surface area contributed by atoms with Gasteiger partial charge in [0.1, 0.15) is 44.9 Å². The number of hydrogen-bond donors (Lipinski definition) is 8. The third-order valence-electron chi connectivity index (χ3n) is 13.8. The Bertz CT molecular complexity index is 2760. The highest BCUT2D eigenvalue weighted by atomic mass is 16.5. The molecule has 7 amide bonds. The normalized spacial score (nSPS) is 23.6. The Kier molecular flexibility index (Phi) is 13.9. The number of hydrazine groups is 1. The lowest BCUT2D eigenvalue weighted by Gasteiger charge is -2.63. The maximum absolute atomic E-state index is 13.5. The van der Waals surface area contributed by atoms with Gasteiger partial charge in [-0.05, 0) is 69.1 Å². The van der Waals surface area contributed by atoms with E-state index in [1.807, 2.05) is 67.7 Å². The number of nitrogens with one attached hydrogen (secondary N) is 6. The molecule has 1 saturated heterocycles. The van der Waals surface area contributed by atoms with Crippen LogP contribution in [0.4, 0.5) is 16.2 Å². The number of anilines is 2. The van der Waals surface area contributed by atoms with Gasteiger partial charge in [0.15, 0.2) is 11.5 Å². The zero-order valence-corrected chi connectivity index (χ0v) is 39.1. The van der Waals surface area contributed by atoms with E-state index in [0.717, 1.165) is 28.8 Å². The molecule has 71 heavy (non-hydrogen) atoms. The number of fused-ring (bicyclic) bond motifs is 1. The van der Waals surface area contributed by atoms with Crippen LogP contribution in [0.1, 0.15) is 41.5 Å². The SMILES string of the molecule is CN1C(=O)[C@H](NC(=O)Nc2cccc(OCCNC(=O)COCC(=O)NNC(=O)COCC(=O)N[C@H]3CC[C@@]4(O)[C@H]5Cc6ccc(O)c7c6[C@@]4(CCN5C)[C@H]3O7)c2)N=C(c2ccccc2)c2ccccc21. The van der Waals surface area contributed by atoms with Crippen LogP contribution in [0.2, 0.25) is 0 Å². The fourth-order valence-corrected chi connectivity index (χ4v) is 10.6. The number of likely N-dealkylation sites (tertiary alicyclic amines) is 1. The molecule has 6 atom stereocenters. The Morgan fingerprint density at radius 1 is 0.831 bits per heavy atom. The number of carbonyl (C=O) groups is 6. The second kappa shape index (κ2) is 20.4. The first-order valence-corrected chi connectivity index (χ1v) is 23.3. The van der Waals surface area contributed by atoms with Crippen LogP contribution < -0.4 is 46.5 Å². The number of hydrogen-bond acceptors (Lipinski definition) is 14. The van der Waals surface area contributed by atoms with E-state index >= 15 is 0 Å². The summed E-state index contributed by atoms with van der Waals surface area (Å²) in [6.45, 7) is -1.18. The molecule has 4 aromatic carbocycles. The van der Waals surface area contributed by atoms with E-state index in [4.69, 9.17) is 23.9 Å². The highest BCUT2D eigenvalue weighted by molar-refractivity contribution is 6.20. The second-order valence-corrected chi connectivity index (χ2v) is 18.1. The predicted molar refractivity (Wildman–Crippen MR) is 256 cm³/mol. The molecular weight excluding hydrogens is 919 g/mol. The number of piperidine rings is 1. The molecule has 0 unspecified atom stereocenters. The Hall–Kier alpha value is -7.59. The molecule has 5 aliphatic rings. The summed E-state index contributed by atoms with van der Waals surface area (Å²) in [5.41, 5.74) is 7.38. The smallest absolute Gasteiger partial charge is 0.321 e. The van der Waals surface area contributed by atoms with Crippen molar-refractivity contribution >= 4 is 52.7 Å². The molecule has 0 radical (unpaired) electrons. The third-order valence-corrected chi connectivity index (χ3v) is 13.8. The van der Waals surface area contributed by atoms with Gasteiger partial charge in [-0.3, -0.25) is 34.8 Å². The van der Waals surface area contributed by atoms with Crippen LogP contribution in [0, 0.1) is 0 Å². The van der Waals surface area contributed by atoms with Crippen molar-refractivity contribution in [2.45, 2.75) is 61.1 Å². The van der Waals surface area contributed by atoms with E-state index < -0.39 is 91.3 Å². The number of carbonyl (C=O) groups excluding carboxylic acids is 6. The van der Waals surface area contributed by atoms with Gasteiger partial charge < -0.3 is 60.2 Å². The van der Waals surface area contributed by atoms with Crippen molar-refractivity contribution in [3.05, 3.63) is 113 Å². The summed E-state index contributed by atoms with van der Waals surface area (Å²) in [6.07, 6.45) is 0.235. The van der Waals surface area contributed by atoms with E-state index in [9.17, 15) is 39.0 Å². The number of phenols is 1. The lowest BCUT2D eigenvalue weighted by atomic mass is 9.48. The van der Waals surface area contributed by atoms with Crippen LogP contribution in [-0.2, 0) is 45.3 Å². The highest BCUT2D eigenvalue weighted by Crippen LogP contribution is 2.65. The number of aliphatic imine (C=N–C) groups is 1. The number of phenolic OH excluding ortho intramolecular Hbond substituents is 1. The van der Waals surface area contributed by atoms with E-state index in [2.05, 4.69) is 37.0 Å². The molecule has 2 aliphatic carbocycles. The first kappa shape index (κ1) is 48.4. The molecule has 372 valence electrons. The number of para-hydroxylation sites is 1. The maximum Gasteiger partial charge on any atom is 0.321 e. The molecule has 2 bridgehead atoms. The average molecular weight is 974 g/mol. The molecule has 21 nitrogen and oxygen atoms in total. The van der Waals surface area contributed by atoms with E-state index in [0.29, 0.717) is 54.3 Å². The summed E-state index contributed by atoms with van der Waals surface area (Å²) in [6, 6.07) is 25.5. The molecule has 1 spiro atoms. The Labute approximate surface area is 408 Å². The van der Waals surface area contributed by atoms with Crippen LogP contribution in [0.15, 0.2) is 96.0 Å². The summed E-state index contributed by atoms with van der Waals surface area (Å²) in [5.74, 6) is -2.20. The minimum atomic E-state index is -1.22. The van der Waals surface area contributed by atoms with Crippen molar-refractivity contribution in [2.24, 2.45) is 4.99 Å².